The maximum Gasteiger partial charge on any atom is 0.138 e. The molecule has 6 heteroatoms. The minimum Gasteiger partial charge on any atom is -0.252 e. The van der Waals surface area contributed by atoms with Gasteiger partial charge in [-0.05, 0) is 88.1 Å². The van der Waals surface area contributed by atoms with Gasteiger partial charge in [-0.15, -0.1) is 0 Å². The molecule has 0 saturated carbocycles. The summed E-state index contributed by atoms with van der Waals surface area (Å²) < 4.78 is 60.5. The summed E-state index contributed by atoms with van der Waals surface area (Å²) in [6, 6.07) is 13.5. The van der Waals surface area contributed by atoms with Crippen molar-refractivity contribution in [2.24, 2.45) is 0 Å². The van der Waals surface area contributed by atoms with Crippen LogP contribution in [0.2, 0.25) is 0 Å². The Morgan fingerprint density at radius 1 is 0.629 bits per heavy atom. The Bertz CT molecular complexity index is 1380. The van der Waals surface area contributed by atoms with Crippen LogP contribution in [-0.2, 0) is 18.3 Å². The smallest absolute Gasteiger partial charge is 0.138 e. The SMILES string of the molecule is Cc1c(F)c2cc(c1F)-c1cccc(n1)C(C)(C)c1cccc(n1)-c1cc(c(F)c(C)c1F)CC2. The van der Waals surface area contributed by atoms with Crippen LogP contribution in [0.15, 0.2) is 48.5 Å². The summed E-state index contributed by atoms with van der Waals surface area (Å²) in [5.41, 5.74) is 1.94. The largest absolute Gasteiger partial charge is 0.252 e. The minimum atomic E-state index is -0.713. The maximum absolute atomic E-state index is 15.2. The molecule has 178 valence electrons. The average Bonchev–Trinajstić information content (AvgIpc) is 2.86. The number of pyridine rings is 2. The highest BCUT2D eigenvalue weighted by molar-refractivity contribution is 5.65. The molecule has 8 bridgehead atoms. The van der Waals surface area contributed by atoms with Crippen molar-refractivity contribution in [1.82, 2.24) is 9.97 Å². The third-order valence-corrected chi connectivity index (χ3v) is 6.99. The summed E-state index contributed by atoms with van der Waals surface area (Å²) in [6.07, 6.45) is 0.222. The third kappa shape index (κ3) is 3.72. The molecule has 2 aromatic heterocycles. The molecule has 0 N–H and O–H groups in total. The van der Waals surface area contributed by atoms with E-state index >= 15 is 17.6 Å². The lowest BCUT2D eigenvalue weighted by atomic mass is 9.84. The molecule has 35 heavy (non-hydrogen) atoms. The molecule has 5 rings (SSSR count). The Kier molecular flexibility index (Phi) is 5.50. The first-order valence-electron chi connectivity index (χ1n) is 11.5. The molecule has 2 nitrogen and oxygen atoms in total. The molecule has 1 aliphatic heterocycles. The minimum absolute atomic E-state index is 0.111. The normalized spacial score (nSPS) is 14.3. The van der Waals surface area contributed by atoms with Crippen molar-refractivity contribution in [1.29, 1.82) is 0 Å². The van der Waals surface area contributed by atoms with Crippen molar-refractivity contribution in [3.8, 4) is 22.5 Å². The fourth-order valence-electron chi connectivity index (χ4n) is 4.68. The van der Waals surface area contributed by atoms with E-state index in [1.807, 2.05) is 26.0 Å². The van der Waals surface area contributed by atoms with Crippen molar-refractivity contribution in [3.05, 3.63) is 105 Å². The Labute approximate surface area is 201 Å². The predicted octanol–water partition coefficient (Wildman–Crippen LogP) is 7.41. The van der Waals surface area contributed by atoms with Gasteiger partial charge in [0.2, 0.25) is 0 Å². The standard InChI is InChI=1S/C29H24F4N2/c1-15-25(30)17-11-12-18-14-20(28(33)16(2)26(18)31)22-8-6-10-24(35-22)29(3,4)23-9-5-7-21(34-23)19(13-17)27(15)32/h5-10,13-14H,11-12H2,1-4H3. The number of aryl methyl sites for hydroxylation is 2. The monoisotopic (exact) mass is 476 g/mol. The van der Waals surface area contributed by atoms with Gasteiger partial charge in [0, 0.05) is 27.7 Å². The molecule has 0 saturated heterocycles. The van der Waals surface area contributed by atoms with Crippen LogP contribution in [0, 0.1) is 37.1 Å². The van der Waals surface area contributed by atoms with Crippen LogP contribution < -0.4 is 0 Å². The molecule has 0 fully saturated rings. The Balaban J connectivity index is 1.84. The zero-order valence-corrected chi connectivity index (χ0v) is 19.9. The molecule has 1 aliphatic rings. The molecule has 0 atom stereocenters. The summed E-state index contributed by atoms with van der Waals surface area (Å²) in [5, 5.41) is 0. The Morgan fingerprint density at radius 3 is 1.43 bits per heavy atom. The number of fused-ring (bicyclic) bond motifs is 10. The Hall–Kier alpha value is -3.54. The van der Waals surface area contributed by atoms with Gasteiger partial charge in [0.05, 0.1) is 22.8 Å². The number of benzene rings is 2. The van der Waals surface area contributed by atoms with Gasteiger partial charge in [-0.3, -0.25) is 9.97 Å². The second kappa shape index (κ2) is 8.29. The first-order chi connectivity index (χ1) is 16.6. The third-order valence-electron chi connectivity index (χ3n) is 6.99. The molecule has 3 heterocycles. The van der Waals surface area contributed by atoms with Crippen LogP contribution in [0.4, 0.5) is 17.6 Å². The fourth-order valence-corrected chi connectivity index (χ4v) is 4.68. The molecule has 0 amide bonds. The first kappa shape index (κ1) is 23.2. The van der Waals surface area contributed by atoms with Gasteiger partial charge >= 0.3 is 0 Å². The zero-order chi connectivity index (χ0) is 25.1. The van der Waals surface area contributed by atoms with Gasteiger partial charge in [-0.25, -0.2) is 17.6 Å². The number of rotatable bonds is 0. The van der Waals surface area contributed by atoms with E-state index in [9.17, 15) is 0 Å². The van der Waals surface area contributed by atoms with Crippen molar-refractivity contribution >= 4 is 0 Å². The molecular weight excluding hydrogens is 452 g/mol. The van der Waals surface area contributed by atoms with Crippen LogP contribution in [0.1, 0.15) is 47.5 Å². The Morgan fingerprint density at radius 2 is 1.03 bits per heavy atom. The van der Waals surface area contributed by atoms with E-state index < -0.39 is 28.7 Å². The maximum atomic E-state index is 15.2. The van der Waals surface area contributed by atoms with Crippen LogP contribution >= 0.6 is 0 Å². The summed E-state index contributed by atoms with van der Waals surface area (Å²) >= 11 is 0. The van der Waals surface area contributed by atoms with E-state index in [1.165, 1.54) is 26.0 Å². The van der Waals surface area contributed by atoms with Gasteiger partial charge in [0.1, 0.15) is 23.3 Å². The van der Waals surface area contributed by atoms with Gasteiger partial charge in [0.25, 0.3) is 0 Å². The van der Waals surface area contributed by atoms with E-state index in [2.05, 4.69) is 0 Å². The molecule has 0 unspecified atom stereocenters. The molecule has 0 radical (unpaired) electrons. The van der Waals surface area contributed by atoms with Gasteiger partial charge < -0.3 is 0 Å². The number of hydrogen-bond acceptors (Lipinski definition) is 2. The highest BCUT2D eigenvalue weighted by Gasteiger charge is 2.29. The lowest BCUT2D eigenvalue weighted by Crippen LogP contribution is -2.22. The van der Waals surface area contributed by atoms with E-state index in [0.717, 1.165) is 0 Å². The average molecular weight is 477 g/mol. The summed E-state index contributed by atoms with van der Waals surface area (Å²) in [5.74, 6) is -2.69. The number of hydrogen-bond donors (Lipinski definition) is 0. The second-order valence-electron chi connectivity index (χ2n) is 9.61. The topological polar surface area (TPSA) is 25.8 Å². The second-order valence-corrected chi connectivity index (χ2v) is 9.61. The van der Waals surface area contributed by atoms with Gasteiger partial charge in [-0.2, -0.15) is 0 Å². The molecular formula is C29H24F4N2. The van der Waals surface area contributed by atoms with Crippen molar-refractivity contribution in [3.63, 3.8) is 0 Å². The summed E-state index contributed by atoms with van der Waals surface area (Å²) in [4.78, 5) is 9.46. The van der Waals surface area contributed by atoms with E-state index in [1.54, 1.807) is 24.3 Å². The van der Waals surface area contributed by atoms with Crippen LogP contribution in [-0.4, -0.2) is 9.97 Å². The molecule has 2 aromatic carbocycles. The summed E-state index contributed by atoms with van der Waals surface area (Å²) in [7, 11) is 0. The summed E-state index contributed by atoms with van der Waals surface area (Å²) in [6.45, 7) is 6.63. The fraction of sp³-hybridized carbons (Fsp3) is 0.241. The van der Waals surface area contributed by atoms with Crippen molar-refractivity contribution in [2.75, 3.05) is 0 Å². The lowest BCUT2D eigenvalue weighted by Gasteiger charge is -2.25. The van der Waals surface area contributed by atoms with Crippen molar-refractivity contribution in [2.45, 2.75) is 46.0 Å². The van der Waals surface area contributed by atoms with Crippen LogP contribution in [0.25, 0.3) is 22.5 Å². The number of halogens is 4. The van der Waals surface area contributed by atoms with Crippen LogP contribution in [0.5, 0.6) is 0 Å². The van der Waals surface area contributed by atoms with E-state index in [-0.39, 0.29) is 46.2 Å². The van der Waals surface area contributed by atoms with E-state index in [4.69, 9.17) is 9.97 Å². The van der Waals surface area contributed by atoms with Gasteiger partial charge in [-0.1, -0.05) is 12.1 Å². The number of aromatic nitrogens is 2. The van der Waals surface area contributed by atoms with E-state index in [0.29, 0.717) is 22.8 Å². The quantitative estimate of drug-likeness (QED) is 0.247. The predicted molar refractivity (Wildman–Crippen MR) is 128 cm³/mol. The number of nitrogens with zero attached hydrogens (tertiary/aromatic N) is 2. The molecule has 0 aliphatic carbocycles. The highest BCUT2D eigenvalue weighted by atomic mass is 19.1. The van der Waals surface area contributed by atoms with Crippen molar-refractivity contribution < 1.29 is 17.6 Å². The lowest BCUT2D eigenvalue weighted by molar-refractivity contribution is 0.549. The molecule has 4 aromatic rings. The zero-order valence-electron chi connectivity index (χ0n) is 19.9. The van der Waals surface area contributed by atoms with Gasteiger partial charge in [0.15, 0.2) is 0 Å². The first-order valence-corrected chi connectivity index (χ1v) is 11.5. The molecule has 0 spiro atoms. The van der Waals surface area contributed by atoms with Crippen LogP contribution in [0.3, 0.4) is 0 Å². The highest BCUT2D eigenvalue weighted by Crippen LogP contribution is 2.36.